The molecule has 1 fully saturated rings. The molecule has 0 spiro atoms. The van der Waals surface area contributed by atoms with Gasteiger partial charge >= 0.3 is 6.03 Å². The zero-order valence-electron chi connectivity index (χ0n) is 11.3. The molecule has 4 nitrogen and oxygen atoms in total. The Morgan fingerprint density at radius 3 is 2.75 bits per heavy atom. The largest absolute Gasteiger partial charge is 0.396 e. The van der Waals surface area contributed by atoms with Crippen LogP contribution in [0.3, 0.4) is 0 Å². The fourth-order valence-corrected chi connectivity index (χ4v) is 2.64. The van der Waals surface area contributed by atoms with Crippen molar-refractivity contribution in [2.24, 2.45) is 5.92 Å². The summed E-state index contributed by atoms with van der Waals surface area (Å²) < 4.78 is 13.7. The number of aryl methyl sites for hydroxylation is 1. The molecule has 1 aliphatic rings. The molecule has 0 aliphatic carbocycles. The average molecular weight is 345 g/mol. The monoisotopic (exact) mass is 344 g/mol. The van der Waals surface area contributed by atoms with Gasteiger partial charge in [-0.3, -0.25) is 0 Å². The van der Waals surface area contributed by atoms with Crippen LogP contribution in [0.2, 0.25) is 0 Å². The molecular weight excluding hydrogens is 327 g/mol. The fourth-order valence-electron chi connectivity index (χ4n) is 2.29. The second-order valence-electron chi connectivity index (χ2n) is 5.12. The average Bonchev–Trinajstić information content (AvgIpc) is 2.44. The molecule has 0 aromatic heterocycles. The third kappa shape index (κ3) is 3.49. The molecule has 1 aliphatic heterocycles. The van der Waals surface area contributed by atoms with Crippen LogP contribution >= 0.6 is 15.9 Å². The van der Waals surface area contributed by atoms with E-state index in [0.717, 1.165) is 12.8 Å². The first kappa shape index (κ1) is 15.3. The van der Waals surface area contributed by atoms with Gasteiger partial charge in [-0.25, -0.2) is 9.18 Å². The summed E-state index contributed by atoms with van der Waals surface area (Å²) in [5.74, 6) is -0.0509. The van der Waals surface area contributed by atoms with Crippen LogP contribution in [0.1, 0.15) is 18.4 Å². The lowest BCUT2D eigenvalue weighted by Gasteiger charge is -2.31. The van der Waals surface area contributed by atoms with E-state index in [9.17, 15) is 9.18 Å². The summed E-state index contributed by atoms with van der Waals surface area (Å²) in [7, 11) is 0. The minimum absolute atomic E-state index is 0.178. The molecule has 1 aromatic rings. The highest BCUT2D eigenvalue weighted by Crippen LogP contribution is 2.25. The normalized spacial score (nSPS) is 16.3. The van der Waals surface area contributed by atoms with Crippen molar-refractivity contribution in [2.45, 2.75) is 19.8 Å². The van der Waals surface area contributed by atoms with Crippen molar-refractivity contribution in [3.63, 3.8) is 0 Å². The number of amides is 2. The zero-order chi connectivity index (χ0) is 14.7. The Balaban J connectivity index is 2.00. The number of nitrogens with zero attached hydrogens (tertiary/aromatic N) is 1. The molecule has 110 valence electrons. The van der Waals surface area contributed by atoms with E-state index in [2.05, 4.69) is 21.2 Å². The van der Waals surface area contributed by atoms with Crippen LogP contribution in [-0.4, -0.2) is 35.7 Å². The van der Waals surface area contributed by atoms with Crippen molar-refractivity contribution in [3.8, 4) is 0 Å². The number of carbonyl (C=O) groups is 1. The summed E-state index contributed by atoms with van der Waals surface area (Å²) >= 11 is 3.12. The molecule has 2 rings (SSSR count). The minimum Gasteiger partial charge on any atom is -0.396 e. The highest BCUT2D eigenvalue weighted by Gasteiger charge is 2.22. The van der Waals surface area contributed by atoms with Crippen molar-refractivity contribution in [2.75, 3.05) is 25.0 Å². The molecule has 1 saturated heterocycles. The second kappa shape index (κ2) is 6.54. The topological polar surface area (TPSA) is 52.6 Å². The summed E-state index contributed by atoms with van der Waals surface area (Å²) in [6, 6.07) is 2.78. The Morgan fingerprint density at radius 2 is 2.15 bits per heavy atom. The van der Waals surface area contributed by atoms with E-state index in [1.807, 2.05) is 0 Å². The van der Waals surface area contributed by atoms with Crippen LogP contribution in [0.4, 0.5) is 14.9 Å². The summed E-state index contributed by atoms with van der Waals surface area (Å²) in [5, 5.41) is 11.9. The lowest BCUT2D eigenvalue weighted by Crippen LogP contribution is -2.41. The number of hydrogen-bond acceptors (Lipinski definition) is 2. The lowest BCUT2D eigenvalue weighted by atomic mass is 9.98. The van der Waals surface area contributed by atoms with Crippen LogP contribution in [-0.2, 0) is 0 Å². The van der Waals surface area contributed by atoms with E-state index in [-0.39, 0.29) is 18.5 Å². The predicted octanol–water partition coefficient (Wildman–Crippen LogP) is 3.13. The van der Waals surface area contributed by atoms with E-state index in [4.69, 9.17) is 5.11 Å². The quantitative estimate of drug-likeness (QED) is 0.865. The molecule has 0 atom stereocenters. The molecule has 2 amide bonds. The van der Waals surface area contributed by atoms with E-state index >= 15 is 0 Å². The number of likely N-dealkylation sites (tertiary alicyclic amines) is 1. The number of piperidine rings is 1. The van der Waals surface area contributed by atoms with Crippen molar-refractivity contribution in [1.29, 1.82) is 0 Å². The summed E-state index contributed by atoms with van der Waals surface area (Å²) in [6.45, 7) is 3.21. The summed E-state index contributed by atoms with van der Waals surface area (Å²) in [5.41, 5.74) is 1.29. The molecule has 0 bridgehead atoms. The Bertz CT molecular complexity index is 502. The van der Waals surface area contributed by atoms with E-state index in [1.54, 1.807) is 17.9 Å². The van der Waals surface area contributed by atoms with E-state index in [1.165, 1.54) is 6.07 Å². The number of rotatable bonds is 2. The molecule has 6 heteroatoms. The maximum absolute atomic E-state index is 13.3. The Labute approximate surface area is 126 Å². The zero-order valence-corrected chi connectivity index (χ0v) is 12.9. The van der Waals surface area contributed by atoms with Crippen LogP contribution in [0.25, 0.3) is 0 Å². The smallest absolute Gasteiger partial charge is 0.321 e. The van der Waals surface area contributed by atoms with Crippen molar-refractivity contribution >= 4 is 27.6 Å². The summed E-state index contributed by atoms with van der Waals surface area (Å²) in [4.78, 5) is 13.9. The highest BCUT2D eigenvalue weighted by molar-refractivity contribution is 9.10. The van der Waals surface area contributed by atoms with Crippen molar-refractivity contribution in [3.05, 3.63) is 28.0 Å². The van der Waals surface area contributed by atoms with Gasteiger partial charge < -0.3 is 15.3 Å². The van der Waals surface area contributed by atoms with Crippen LogP contribution in [0, 0.1) is 18.7 Å². The van der Waals surface area contributed by atoms with Crippen LogP contribution < -0.4 is 5.32 Å². The van der Waals surface area contributed by atoms with Gasteiger partial charge in [-0.1, -0.05) is 0 Å². The first-order valence-electron chi connectivity index (χ1n) is 6.63. The predicted molar refractivity (Wildman–Crippen MR) is 79.2 cm³/mol. The van der Waals surface area contributed by atoms with Crippen molar-refractivity contribution < 1.29 is 14.3 Å². The standard InChI is InChI=1S/C14H18BrFN2O2/c1-9-6-12(16)11(15)7-13(9)17-14(20)18-4-2-10(8-19)3-5-18/h6-7,10,19H,2-5,8H2,1H3,(H,17,20). The second-order valence-corrected chi connectivity index (χ2v) is 5.98. The maximum Gasteiger partial charge on any atom is 0.321 e. The molecule has 2 N–H and O–H groups in total. The van der Waals surface area contributed by atoms with Crippen molar-refractivity contribution in [1.82, 2.24) is 4.90 Å². The SMILES string of the molecule is Cc1cc(F)c(Br)cc1NC(=O)N1CCC(CO)CC1. The fraction of sp³-hybridized carbons (Fsp3) is 0.500. The Kier molecular flexibility index (Phi) is 4.99. The number of benzene rings is 1. The number of nitrogens with one attached hydrogen (secondary N) is 1. The van der Waals surface area contributed by atoms with Gasteiger partial charge in [0.15, 0.2) is 0 Å². The Hall–Kier alpha value is -1.14. The molecular formula is C14H18BrFN2O2. The molecule has 1 heterocycles. The molecule has 0 saturated carbocycles. The van der Waals surface area contributed by atoms with Gasteiger partial charge in [0.1, 0.15) is 5.82 Å². The van der Waals surface area contributed by atoms with Gasteiger partial charge in [0, 0.05) is 25.4 Å². The Morgan fingerprint density at radius 1 is 1.50 bits per heavy atom. The number of urea groups is 1. The molecule has 0 radical (unpaired) electrons. The van der Waals surface area contributed by atoms with Gasteiger partial charge in [-0.15, -0.1) is 0 Å². The van der Waals surface area contributed by atoms with E-state index in [0.29, 0.717) is 34.7 Å². The van der Waals surface area contributed by atoms with Crippen LogP contribution in [0.15, 0.2) is 16.6 Å². The van der Waals surface area contributed by atoms with Gasteiger partial charge in [0.25, 0.3) is 0 Å². The highest BCUT2D eigenvalue weighted by atomic mass is 79.9. The molecule has 1 aromatic carbocycles. The van der Waals surface area contributed by atoms with Crippen LogP contribution in [0.5, 0.6) is 0 Å². The first-order valence-corrected chi connectivity index (χ1v) is 7.43. The minimum atomic E-state index is -0.343. The molecule has 20 heavy (non-hydrogen) atoms. The number of hydrogen-bond donors (Lipinski definition) is 2. The third-order valence-electron chi connectivity index (χ3n) is 3.67. The number of halogens is 2. The third-order valence-corrected chi connectivity index (χ3v) is 4.28. The van der Waals surface area contributed by atoms with E-state index < -0.39 is 0 Å². The van der Waals surface area contributed by atoms with Gasteiger partial charge in [-0.2, -0.15) is 0 Å². The van der Waals surface area contributed by atoms with Gasteiger partial charge in [-0.05, 0) is 59.3 Å². The number of aliphatic hydroxyl groups excluding tert-OH is 1. The van der Waals surface area contributed by atoms with Gasteiger partial charge in [0.05, 0.1) is 4.47 Å². The number of carbonyl (C=O) groups excluding carboxylic acids is 1. The first-order chi connectivity index (χ1) is 9.51. The maximum atomic E-state index is 13.3. The van der Waals surface area contributed by atoms with Gasteiger partial charge in [0.2, 0.25) is 0 Å². The summed E-state index contributed by atoms with van der Waals surface area (Å²) in [6.07, 6.45) is 1.63. The lowest BCUT2D eigenvalue weighted by molar-refractivity contribution is 0.143. The number of anilines is 1. The molecule has 0 unspecified atom stereocenters. The number of aliphatic hydroxyl groups is 1.